The Labute approximate surface area is 124 Å². The Morgan fingerprint density at radius 2 is 1.90 bits per heavy atom. The molecule has 0 aliphatic carbocycles. The summed E-state index contributed by atoms with van der Waals surface area (Å²) in [5.74, 6) is -0.270. The van der Waals surface area contributed by atoms with Crippen molar-refractivity contribution in [2.24, 2.45) is 5.92 Å². The van der Waals surface area contributed by atoms with Gasteiger partial charge < -0.3 is 25.0 Å². The molecule has 0 aromatic rings. The van der Waals surface area contributed by atoms with Crippen molar-refractivity contribution in [3.63, 3.8) is 0 Å². The maximum atomic E-state index is 12.4. The molecule has 120 valence electrons. The van der Waals surface area contributed by atoms with E-state index in [1.54, 1.807) is 4.90 Å². The van der Waals surface area contributed by atoms with Crippen molar-refractivity contribution >= 4 is 18.1 Å². The summed E-state index contributed by atoms with van der Waals surface area (Å²) in [6, 6.07) is -0.656. The number of hydrogen-bond acceptors (Lipinski definition) is 5. The van der Waals surface area contributed by atoms with E-state index in [2.05, 4.69) is 15.4 Å². The number of nitrogens with one attached hydrogen (secondary N) is 2. The minimum Gasteiger partial charge on any atom is -0.453 e. The highest BCUT2D eigenvalue weighted by Crippen LogP contribution is 2.16. The Morgan fingerprint density at radius 3 is 2.43 bits per heavy atom. The van der Waals surface area contributed by atoms with Crippen LogP contribution in [-0.2, 0) is 14.3 Å². The van der Waals surface area contributed by atoms with Crippen LogP contribution < -0.4 is 10.6 Å². The highest BCUT2D eigenvalue weighted by Gasteiger charge is 2.34. The number of likely N-dealkylation sites (tertiary alicyclic amines) is 1. The third-order valence-electron chi connectivity index (χ3n) is 3.33. The quantitative estimate of drug-likeness (QED) is 0.779. The number of hydrogen-bond donors (Lipinski definition) is 2. The van der Waals surface area contributed by atoms with Crippen molar-refractivity contribution in [1.29, 1.82) is 0 Å². The van der Waals surface area contributed by atoms with Crippen molar-refractivity contribution in [2.45, 2.75) is 32.4 Å². The van der Waals surface area contributed by atoms with Gasteiger partial charge in [0.25, 0.3) is 0 Å². The summed E-state index contributed by atoms with van der Waals surface area (Å²) in [6.45, 7) is 4.51. The van der Waals surface area contributed by atoms with Gasteiger partial charge >= 0.3 is 12.2 Å². The van der Waals surface area contributed by atoms with E-state index in [1.165, 1.54) is 14.2 Å². The maximum Gasteiger partial charge on any atom is 0.407 e. The third kappa shape index (κ3) is 4.80. The Morgan fingerprint density at radius 1 is 1.24 bits per heavy atom. The average Bonchev–Trinajstić information content (AvgIpc) is 2.91. The molecule has 0 aromatic heterocycles. The summed E-state index contributed by atoms with van der Waals surface area (Å²) in [4.78, 5) is 36.5. The van der Waals surface area contributed by atoms with Gasteiger partial charge in [-0.15, -0.1) is 0 Å². The van der Waals surface area contributed by atoms with Gasteiger partial charge in [0, 0.05) is 20.0 Å². The van der Waals surface area contributed by atoms with Gasteiger partial charge in [-0.25, -0.2) is 9.59 Å². The zero-order valence-electron chi connectivity index (χ0n) is 12.8. The monoisotopic (exact) mass is 301 g/mol. The van der Waals surface area contributed by atoms with Gasteiger partial charge in [0.2, 0.25) is 5.91 Å². The number of carbonyl (C=O) groups is 3. The standard InChI is InChI=1S/C13H23N3O5/c1-8(2)10(15-13(19)20-4)11(17)16-6-5-9(7-16)21-12(18)14-3/h8-10H,5-7H2,1-4H3,(H,14,18)(H,15,19)/t9-,10-/m0/s1. The average molecular weight is 301 g/mol. The molecule has 0 bridgehead atoms. The smallest absolute Gasteiger partial charge is 0.407 e. The number of amides is 3. The second-order valence-electron chi connectivity index (χ2n) is 5.21. The molecule has 1 saturated heterocycles. The van der Waals surface area contributed by atoms with E-state index in [1.807, 2.05) is 13.8 Å². The molecule has 0 unspecified atom stereocenters. The minimum absolute atomic E-state index is 0.0736. The lowest BCUT2D eigenvalue weighted by Crippen LogP contribution is -2.50. The SMILES string of the molecule is CNC(=O)O[C@H]1CCN(C(=O)[C@@H](NC(=O)OC)C(C)C)C1. The molecule has 1 aliphatic heterocycles. The first-order chi connectivity index (χ1) is 9.88. The summed E-state index contributed by atoms with van der Waals surface area (Å²) >= 11 is 0. The van der Waals surface area contributed by atoms with Crippen molar-refractivity contribution in [2.75, 3.05) is 27.2 Å². The van der Waals surface area contributed by atoms with E-state index < -0.39 is 18.2 Å². The molecule has 1 aliphatic rings. The largest absolute Gasteiger partial charge is 0.453 e. The zero-order chi connectivity index (χ0) is 16.0. The van der Waals surface area contributed by atoms with Crippen LogP contribution in [0.5, 0.6) is 0 Å². The molecule has 21 heavy (non-hydrogen) atoms. The number of carbonyl (C=O) groups excluding carboxylic acids is 3. The van der Waals surface area contributed by atoms with Crippen molar-refractivity contribution < 1.29 is 23.9 Å². The molecule has 1 rings (SSSR count). The van der Waals surface area contributed by atoms with Crippen LogP contribution in [-0.4, -0.2) is 62.4 Å². The van der Waals surface area contributed by atoms with Crippen LogP contribution in [0, 0.1) is 5.92 Å². The highest BCUT2D eigenvalue weighted by atomic mass is 16.6. The first kappa shape index (κ1) is 17.1. The van der Waals surface area contributed by atoms with Crippen LogP contribution in [0.25, 0.3) is 0 Å². The first-order valence-electron chi connectivity index (χ1n) is 6.90. The van der Waals surface area contributed by atoms with Crippen LogP contribution >= 0.6 is 0 Å². The van der Waals surface area contributed by atoms with Gasteiger partial charge in [-0.3, -0.25) is 4.79 Å². The number of ether oxygens (including phenoxy) is 2. The summed E-state index contributed by atoms with van der Waals surface area (Å²) < 4.78 is 9.66. The lowest BCUT2D eigenvalue weighted by atomic mass is 10.0. The van der Waals surface area contributed by atoms with Crippen LogP contribution in [0.1, 0.15) is 20.3 Å². The fraction of sp³-hybridized carbons (Fsp3) is 0.769. The van der Waals surface area contributed by atoms with Gasteiger partial charge in [-0.2, -0.15) is 0 Å². The van der Waals surface area contributed by atoms with Gasteiger partial charge in [0.15, 0.2) is 0 Å². The molecule has 2 atom stereocenters. The van der Waals surface area contributed by atoms with Crippen LogP contribution in [0.2, 0.25) is 0 Å². The van der Waals surface area contributed by atoms with E-state index >= 15 is 0 Å². The molecule has 8 nitrogen and oxygen atoms in total. The normalized spacial score (nSPS) is 19.1. The van der Waals surface area contributed by atoms with Crippen molar-refractivity contribution in [3.05, 3.63) is 0 Å². The fourth-order valence-corrected chi connectivity index (χ4v) is 2.13. The molecule has 1 fully saturated rings. The molecule has 0 spiro atoms. The second-order valence-corrected chi connectivity index (χ2v) is 5.21. The lowest BCUT2D eigenvalue weighted by Gasteiger charge is -2.26. The third-order valence-corrected chi connectivity index (χ3v) is 3.33. The summed E-state index contributed by atoms with van der Waals surface area (Å²) in [6.07, 6.45) is -0.885. The Bertz CT molecular complexity index is 399. The Hall–Kier alpha value is -1.99. The predicted molar refractivity (Wildman–Crippen MR) is 74.7 cm³/mol. The van der Waals surface area contributed by atoms with E-state index in [4.69, 9.17) is 4.74 Å². The molecule has 0 aromatic carbocycles. The zero-order valence-corrected chi connectivity index (χ0v) is 12.8. The summed E-state index contributed by atoms with van der Waals surface area (Å²) in [5, 5.41) is 4.91. The van der Waals surface area contributed by atoms with E-state index in [0.29, 0.717) is 19.5 Å². The van der Waals surface area contributed by atoms with Gasteiger partial charge in [0.05, 0.1) is 13.7 Å². The molecule has 0 saturated carbocycles. The minimum atomic E-state index is -0.656. The number of rotatable bonds is 4. The summed E-state index contributed by atoms with van der Waals surface area (Å²) in [7, 11) is 2.73. The van der Waals surface area contributed by atoms with Gasteiger partial charge in [-0.05, 0) is 5.92 Å². The molecular formula is C13H23N3O5. The topological polar surface area (TPSA) is 97.0 Å². The summed E-state index contributed by atoms with van der Waals surface area (Å²) in [5.41, 5.74) is 0. The molecule has 8 heteroatoms. The fourth-order valence-electron chi connectivity index (χ4n) is 2.13. The van der Waals surface area contributed by atoms with Crippen LogP contribution in [0.15, 0.2) is 0 Å². The number of nitrogens with zero attached hydrogens (tertiary/aromatic N) is 1. The number of alkyl carbamates (subject to hydrolysis) is 2. The second kappa shape index (κ2) is 7.70. The van der Waals surface area contributed by atoms with Crippen molar-refractivity contribution in [1.82, 2.24) is 15.5 Å². The highest BCUT2D eigenvalue weighted by molar-refractivity contribution is 5.86. The first-order valence-corrected chi connectivity index (χ1v) is 6.90. The molecule has 0 radical (unpaired) electrons. The van der Waals surface area contributed by atoms with E-state index in [0.717, 1.165) is 0 Å². The van der Waals surface area contributed by atoms with Gasteiger partial charge in [0.1, 0.15) is 12.1 Å². The van der Waals surface area contributed by atoms with Gasteiger partial charge in [-0.1, -0.05) is 13.8 Å². The molecular weight excluding hydrogens is 278 g/mol. The predicted octanol–water partition coefficient (Wildman–Crippen LogP) is 0.324. The number of methoxy groups -OCH3 is 1. The van der Waals surface area contributed by atoms with E-state index in [-0.39, 0.29) is 17.9 Å². The molecule has 1 heterocycles. The Balaban J connectivity index is 2.60. The van der Waals surface area contributed by atoms with E-state index in [9.17, 15) is 14.4 Å². The lowest BCUT2D eigenvalue weighted by molar-refractivity contribution is -0.133. The molecule has 2 N–H and O–H groups in total. The van der Waals surface area contributed by atoms with Crippen LogP contribution in [0.4, 0.5) is 9.59 Å². The van der Waals surface area contributed by atoms with Crippen LogP contribution in [0.3, 0.4) is 0 Å². The maximum absolute atomic E-state index is 12.4. The Kier molecular flexibility index (Phi) is 6.26. The van der Waals surface area contributed by atoms with Crippen molar-refractivity contribution in [3.8, 4) is 0 Å². The molecule has 3 amide bonds.